The van der Waals surface area contributed by atoms with Crippen molar-refractivity contribution in [2.75, 3.05) is 19.8 Å². The molecule has 24 heavy (non-hydrogen) atoms. The molecule has 3 rings (SSSR count). The Balaban J connectivity index is 2.02. The predicted molar refractivity (Wildman–Crippen MR) is 91.6 cm³/mol. The van der Waals surface area contributed by atoms with Crippen LogP contribution in [-0.2, 0) is 0 Å². The molecule has 0 bridgehead atoms. The highest BCUT2D eigenvalue weighted by Gasteiger charge is 2.13. The van der Waals surface area contributed by atoms with E-state index in [2.05, 4.69) is 5.10 Å². The van der Waals surface area contributed by atoms with E-state index in [0.29, 0.717) is 16.8 Å². The number of primary amides is 1. The predicted octanol–water partition coefficient (Wildman–Crippen LogP) is 1.38. The molecular weight excluding hydrogens is 306 g/mol. The molecule has 0 radical (unpaired) electrons. The number of aromatic nitrogens is 2. The van der Waals surface area contributed by atoms with E-state index in [4.69, 9.17) is 11.5 Å². The first-order valence-electron chi connectivity index (χ1n) is 7.27. The highest BCUT2D eigenvalue weighted by molar-refractivity contribution is 6.01. The molecule has 0 spiro atoms. The Morgan fingerprint density at radius 1 is 1.12 bits per heavy atom. The van der Waals surface area contributed by atoms with E-state index < -0.39 is 5.91 Å². The Morgan fingerprint density at radius 3 is 2.38 bits per heavy atom. The number of carbonyl (C=O) groups is 2. The third-order valence-electron chi connectivity index (χ3n) is 3.81. The van der Waals surface area contributed by atoms with E-state index in [9.17, 15) is 9.59 Å². The molecule has 2 aromatic heterocycles. The molecule has 2 amide bonds. The van der Waals surface area contributed by atoms with Gasteiger partial charge in [-0.1, -0.05) is 12.1 Å². The van der Waals surface area contributed by atoms with E-state index in [1.807, 2.05) is 18.2 Å². The Morgan fingerprint density at radius 2 is 1.79 bits per heavy atom. The molecule has 3 aromatic rings. The number of rotatable bonds is 3. The Bertz CT molecular complexity index is 942. The van der Waals surface area contributed by atoms with Crippen molar-refractivity contribution in [3.63, 3.8) is 0 Å². The van der Waals surface area contributed by atoms with Gasteiger partial charge in [0, 0.05) is 31.4 Å². The van der Waals surface area contributed by atoms with E-state index in [1.165, 1.54) is 11.1 Å². The molecule has 0 unspecified atom stereocenters. The van der Waals surface area contributed by atoms with Crippen LogP contribution in [0.25, 0.3) is 16.6 Å². The van der Waals surface area contributed by atoms with Gasteiger partial charge in [0.25, 0.3) is 11.8 Å². The molecule has 7 nitrogen and oxygen atoms in total. The van der Waals surface area contributed by atoms with Crippen LogP contribution in [0.5, 0.6) is 0 Å². The molecule has 122 valence electrons. The van der Waals surface area contributed by atoms with Crippen molar-refractivity contribution in [1.29, 1.82) is 0 Å². The van der Waals surface area contributed by atoms with Gasteiger partial charge in [-0.05, 0) is 23.8 Å². The summed E-state index contributed by atoms with van der Waals surface area (Å²) >= 11 is 0. The number of nitrogen functional groups attached to an aromatic ring is 1. The van der Waals surface area contributed by atoms with Crippen LogP contribution < -0.4 is 11.5 Å². The summed E-state index contributed by atoms with van der Waals surface area (Å²) in [6.45, 7) is 0. The monoisotopic (exact) mass is 323 g/mol. The zero-order valence-electron chi connectivity index (χ0n) is 13.4. The molecule has 0 aliphatic rings. The minimum Gasteiger partial charge on any atom is -0.396 e. The van der Waals surface area contributed by atoms with E-state index >= 15 is 0 Å². The van der Waals surface area contributed by atoms with Crippen LogP contribution in [0.15, 0.2) is 42.7 Å². The summed E-state index contributed by atoms with van der Waals surface area (Å²) in [4.78, 5) is 24.8. The molecule has 7 heteroatoms. The van der Waals surface area contributed by atoms with Gasteiger partial charge in [0.15, 0.2) is 0 Å². The fourth-order valence-corrected chi connectivity index (χ4v) is 2.49. The molecule has 2 heterocycles. The summed E-state index contributed by atoms with van der Waals surface area (Å²) in [5.74, 6) is -0.669. The smallest absolute Gasteiger partial charge is 0.253 e. The first kappa shape index (κ1) is 15.5. The number of amides is 2. The molecule has 0 aliphatic carbocycles. The average molecular weight is 323 g/mol. The van der Waals surface area contributed by atoms with Crippen molar-refractivity contribution in [3.8, 4) is 11.1 Å². The lowest BCUT2D eigenvalue weighted by molar-refractivity contribution is 0.0827. The van der Waals surface area contributed by atoms with Gasteiger partial charge >= 0.3 is 0 Å². The molecule has 0 saturated carbocycles. The normalized spacial score (nSPS) is 10.8. The van der Waals surface area contributed by atoms with E-state index in [-0.39, 0.29) is 11.5 Å². The van der Waals surface area contributed by atoms with Crippen LogP contribution >= 0.6 is 0 Å². The average Bonchev–Trinajstić information content (AvgIpc) is 2.99. The number of fused-ring (bicyclic) bond motifs is 1. The molecule has 4 N–H and O–H groups in total. The lowest BCUT2D eigenvalue weighted by atomic mass is 10.1. The lowest BCUT2D eigenvalue weighted by Crippen LogP contribution is -2.21. The molecule has 0 fully saturated rings. The van der Waals surface area contributed by atoms with Crippen LogP contribution in [0, 0.1) is 0 Å². The maximum Gasteiger partial charge on any atom is 0.253 e. The quantitative estimate of drug-likeness (QED) is 0.759. The van der Waals surface area contributed by atoms with Crippen molar-refractivity contribution in [2.45, 2.75) is 0 Å². The maximum atomic E-state index is 11.9. The topological polar surface area (TPSA) is 107 Å². The first-order valence-corrected chi connectivity index (χ1v) is 7.27. The summed E-state index contributed by atoms with van der Waals surface area (Å²) in [6, 6.07) is 9.09. The van der Waals surface area contributed by atoms with Gasteiger partial charge in [0.05, 0.1) is 23.0 Å². The summed E-state index contributed by atoms with van der Waals surface area (Å²) < 4.78 is 1.59. The van der Waals surface area contributed by atoms with Crippen molar-refractivity contribution in [2.24, 2.45) is 5.73 Å². The van der Waals surface area contributed by atoms with Crippen LogP contribution in [0.4, 0.5) is 5.69 Å². The standard InChI is InChI=1S/C17H17N5O2/c1-21(2)17(24)11-5-3-10(4-6-11)12-7-14-15(18)13(16(19)23)8-20-22(14)9-12/h3-9H,18H2,1-2H3,(H2,19,23). The lowest BCUT2D eigenvalue weighted by Gasteiger charge is -2.10. The van der Waals surface area contributed by atoms with Gasteiger partial charge in [-0.3, -0.25) is 9.59 Å². The van der Waals surface area contributed by atoms with Crippen molar-refractivity contribution >= 4 is 23.0 Å². The second-order valence-corrected chi connectivity index (χ2v) is 5.67. The maximum absolute atomic E-state index is 11.9. The highest BCUT2D eigenvalue weighted by Crippen LogP contribution is 2.26. The van der Waals surface area contributed by atoms with E-state index in [1.54, 1.807) is 36.9 Å². The summed E-state index contributed by atoms with van der Waals surface area (Å²) in [6.07, 6.45) is 3.16. The molecular formula is C17H17N5O2. The van der Waals surface area contributed by atoms with Gasteiger partial charge in [-0.2, -0.15) is 5.10 Å². The Hall–Kier alpha value is -3.35. The zero-order chi connectivity index (χ0) is 17.4. The van der Waals surface area contributed by atoms with Crippen LogP contribution in [-0.4, -0.2) is 40.4 Å². The number of nitrogens with zero attached hydrogens (tertiary/aromatic N) is 3. The summed E-state index contributed by atoms with van der Waals surface area (Å²) in [5.41, 5.74) is 14.8. The van der Waals surface area contributed by atoms with Gasteiger partial charge in [0.2, 0.25) is 0 Å². The number of carbonyl (C=O) groups excluding carboxylic acids is 2. The second-order valence-electron chi connectivity index (χ2n) is 5.67. The largest absolute Gasteiger partial charge is 0.396 e. The SMILES string of the molecule is CN(C)C(=O)c1ccc(-c2cc3c(N)c(C(N)=O)cnn3c2)cc1. The summed E-state index contributed by atoms with van der Waals surface area (Å²) in [7, 11) is 3.42. The summed E-state index contributed by atoms with van der Waals surface area (Å²) in [5, 5.41) is 4.15. The molecule has 0 atom stereocenters. The number of hydrogen-bond acceptors (Lipinski definition) is 4. The van der Waals surface area contributed by atoms with Gasteiger partial charge in [0.1, 0.15) is 0 Å². The Kier molecular flexibility index (Phi) is 3.69. The fraction of sp³-hybridized carbons (Fsp3) is 0.118. The first-order chi connectivity index (χ1) is 11.4. The van der Waals surface area contributed by atoms with Crippen LogP contribution in [0.1, 0.15) is 20.7 Å². The van der Waals surface area contributed by atoms with Crippen molar-refractivity contribution in [1.82, 2.24) is 14.5 Å². The number of benzene rings is 1. The number of hydrogen-bond donors (Lipinski definition) is 2. The van der Waals surface area contributed by atoms with Crippen LogP contribution in [0.3, 0.4) is 0 Å². The molecule has 0 saturated heterocycles. The van der Waals surface area contributed by atoms with Gasteiger partial charge < -0.3 is 16.4 Å². The number of nitrogens with two attached hydrogens (primary N) is 2. The molecule has 1 aromatic carbocycles. The van der Waals surface area contributed by atoms with Gasteiger partial charge in [-0.25, -0.2) is 4.52 Å². The van der Waals surface area contributed by atoms with E-state index in [0.717, 1.165) is 11.1 Å². The fourth-order valence-electron chi connectivity index (χ4n) is 2.49. The second kappa shape index (κ2) is 5.69. The van der Waals surface area contributed by atoms with Crippen molar-refractivity contribution in [3.05, 3.63) is 53.9 Å². The van der Waals surface area contributed by atoms with Crippen LogP contribution in [0.2, 0.25) is 0 Å². The van der Waals surface area contributed by atoms with Crippen molar-refractivity contribution < 1.29 is 9.59 Å². The molecule has 0 aliphatic heterocycles. The minimum absolute atomic E-state index is 0.0550. The van der Waals surface area contributed by atoms with Gasteiger partial charge in [-0.15, -0.1) is 0 Å². The number of anilines is 1. The Labute approximate surface area is 138 Å². The minimum atomic E-state index is -0.614. The highest BCUT2D eigenvalue weighted by atomic mass is 16.2. The third-order valence-corrected chi connectivity index (χ3v) is 3.81. The third kappa shape index (κ3) is 2.56. The zero-order valence-corrected chi connectivity index (χ0v) is 13.4.